The van der Waals surface area contributed by atoms with E-state index in [4.69, 9.17) is 9.73 Å². The predicted octanol–water partition coefficient (Wildman–Crippen LogP) is 2.06. The molecule has 0 N–H and O–H groups in total. The molecule has 1 aliphatic rings. The van der Waals surface area contributed by atoms with Crippen LogP contribution in [0.3, 0.4) is 0 Å². The standard InChI is InChI=1S/C14H17N3OS/c1-12-11-19-14(15-13-5-3-2-4-6-13)17(12)16-7-9-18-10-8-16/h2-6,11H,7-10H2,1H3. The first kappa shape index (κ1) is 12.4. The Morgan fingerprint density at radius 3 is 2.63 bits per heavy atom. The minimum Gasteiger partial charge on any atom is -0.378 e. The van der Waals surface area contributed by atoms with Crippen LogP contribution >= 0.6 is 11.3 Å². The molecule has 0 spiro atoms. The molecule has 2 heterocycles. The van der Waals surface area contributed by atoms with Crippen LogP contribution in [0.4, 0.5) is 5.69 Å². The van der Waals surface area contributed by atoms with Crippen molar-refractivity contribution < 1.29 is 4.74 Å². The van der Waals surface area contributed by atoms with Gasteiger partial charge in [-0.3, -0.25) is 0 Å². The van der Waals surface area contributed by atoms with Gasteiger partial charge >= 0.3 is 0 Å². The molecule has 1 aliphatic heterocycles. The van der Waals surface area contributed by atoms with Gasteiger partial charge < -0.3 is 9.75 Å². The van der Waals surface area contributed by atoms with Crippen LogP contribution in [0, 0.1) is 6.92 Å². The summed E-state index contributed by atoms with van der Waals surface area (Å²) in [6.07, 6.45) is 0. The highest BCUT2D eigenvalue weighted by Gasteiger charge is 2.14. The molecule has 0 unspecified atom stereocenters. The molecule has 3 rings (SSSR count). The molecule has 1 aromatic carbocycles. The monoisotopic (exact) mass is 275 g/mol. The van der Waals surface area contributed by atoms with Crippen molar-refractivity contribution in [3.05, 3.63) is 46.2 Å². The van der Waals surface area contributed by atoms with E-state index in [9.17, 15) is 0 Å². The highest BCUT2D eigenvalue weighted by atomic mass is 32.1. The van der Waals surface area contributed by atoms with E-state index in [1.807, 2.05) is 30.3 Å². The quantitative estimate of drug-likeness (QED) is 0.839. The van der Waals surface area contributed by atoms with Crippen LogP contribution < -0.4 is 9.81 Å². The normalized spacial score (nSPS) is 16.9. The van der Waals surface area contributed by atoms with Crippen molar-refractivity contribution in [1.82, 2.24) is 4.68 Å². The SMILES string of the molecule is Cc1csc(=Nc2ccccc2)n1N1CCOCC1. The van der Waals surface area contributed by atoms with Crippen molar-refractivity contribution >= 4 is 17.0 Å². The molecule has 0 atom stereocenters. The Morgan fingerprint density at radius 1 is 1.16 bits per heavy atom. The Morgan fingerprint density at radius 2 is 1.89 bits per heavy atom. The predicted molar refractivity (Wildman–Crippen MR) is 77.5 cm³/mol. The second kappa shape index (κ2) is 5.59. The van der Waals surface area contributed by atoms with E-state index in [-0.39, 0.29) is 0 Å². The van der Waals surface area contributed by atoms with Gasteiger partial charge in [-0.1, -0.05) is 18.2 Å². The molecular weight excluding hydrogens is 258 g/mol. The van der Waals surface area contributed by atoms with Crippen LogP contribution in [0.15, 0.2) is 40.7 Å². The lowest BCUT2D eigenvalue weighted by molar-refractivity contribution is 0.110. The van der Waals surface area contributed by atoms with Gasteiger partial charge in [0.05, 0.1) is 32.0 Å². The van der Waals surface area contributed by atoms with Gasteiger partial charge in [0.25, 0.3) is 0 Å². The van der Waals surface area contributed by atoms with Crippen molar-refractivity contribution in [1.29, 1.82) is 0 Å². The summed E-state index contributed by atoms with van der Waals surface area (Å²) in [6.45, 7) is 5.52. The van der Waals surface area contributed by atoms with Crippen LogP contribution in [0.2, 0.25) is 0 Å². The molecule has 1 aromatic heterocycles. The Balaban J connectivity index is 2.00. The fourth-order valence-corrected chi connectivity index (χ4v) is 3.07. The zero-order chi connectivity index (χ0) is 13.1. The summed E-state index contributed by atoms with van der Waals surface area (Å²) in [7, 11) is 0. The van der Waals surface area contributed by atoms with Crippen LogP contribution in [-0.4, -0.2) is 31.0 Å². The molecule has 0 radical (unpaired) electrons. The number of aryl methyl sites for hydroxylation is 1. The van der Waals surface area contributed by atoms with Gasteiger partial charge in [-0.25, -0.2) is 9.67 Å². The van der Waals surface area contributed by atoms with E-state index < -0.39 is 0 Å². The summed E-state index contributed by atoms with van der Waals surface area (Å²) in [5, 5.41) is 4.45. The van der Waals surface area contributed by atoms with Gasteiger partial charge in [-0.15, -0.1) is 11.3 Å². The first-order chi connectivity index (χ1) is 9.34. The van der Waals surface area contributed by atoms with Crippen LogP contribution in [0.5, 0.6) is 0 Å². The second-order valence-electron chi connectivity index (χ2n) is 4.48. The molecule has 1 fully saturated rings. The second-order valence-corrected chi connectivity index (χ2v) is 5.32. The van der Waals surface area contributed by atoms with E-state index in [0.29, 0.717) is 0 Å². The summed E-state index contributed by atoms with van der Waals surface area (Å²) in [5.74, 6) is 0. The van der Waals surface area contributed by atoms with E-state index in [1.165, 1.54) is 5.69 Å². The number of nitrogens with zero attached hydrogens (tertiary/aromatic N) is 3. The summed E-state index contributed by atoms with van der Waals surface area (Å²) < 4.78 is 7.62. The molecule has 4 nitrogen and oxygen atoms in total. The number of thiazole rings is 1. The molecule has 19 heavy (non-hydrogen) atoms. The van der Waals surface area contributed by atoms with Crippen molar-refractivity contribution in [3.8, 4) is 0 Å². The summed E-state index contributed by atoms with van der Waals surface area (Å²) in [4.78, 5) is 5.76. The zero-order valence-corrected chi connectivity index (χ0v) is 11.8. The lowest BCUT2D eigenvalue weighted by atomic mass is 10.3. The van der Waals surface area contributed by atoms with Crippen molar-refractivity contribution in [2.45, 2.75) is 6.92 Å². The number of rotatable bonds is 2. The number of morpholine rings is 1. The highest BCUT2D eigenvalue weighted by Crippen LogP contribution is 2.10. The molecule has 0 saturated carbocycles. The first-order valence-corrected chi connectivity index (χ1v) is 7.32. The molecule has 100 valence electrons. The lowest BCUT2D eigenvalue weighted by Gasteiger charge is -2.30. The summed E-state index contributed by atoms with van der Waals surface area (Å²) in [5.41, 5.74) is 2.22. The largest absolute Gasteiger partial charge is 0.378 e. The number of ether oxygens (including phenoxy) is 1. The molecule has 0 aliphatic carbocycles. The average molecular weight is 275 g/mol. The minimum atomic E-state index is 0.785. The number of aromatic nitrogens is 1. The fourth-order valence-electron chi connectivity index (χ4n) is 2.17. The van der Waals surface area contributed by atoms with Gasteiger partial charge in [0, 0.05) is 11.1 Å². The number of hydrogen-bond acceptors (Lipinski definition) is 4. The van der Waals surface area contributed by atoms with Gasteiger partial charge in [0.2, 0.25) is 4.80 Å². The zero-order valence-electron chi connectivity index (χ0n) is 11.0. The van der Waals surface area contributed by atoms with E-state index in [2.05, 4.69) is 22.0 Å². The Labute approximate surface area is 116 Å². The van der Waals surface area contributed by atoms with Crippen LogP contribution in [-0.2, 0) is 4.74 Å². The summed E-state index contributed by atoms with van der Waals surface area (Å²) >= 11 is 1.68. The molecular formula is C14H17N3OS. The molecule has 1 saturated heterocycles. The smallest absolute Gasteiger partial charge is 0.209 e. The Kier molecular flexibility index (Phi) is 3.66. The number of benzene rings is 1. The molecule has 2 aromatic rings. The van der Waals surface area contributed by atoms with Crippen molar-refractivity contribution in [3.63, 3.8) is 0 Å². The number of para-hydroxylation sites is 1. The van der Waals surface area contributed by atoms with Crippen LogP contribution in [0.25, 0.3) is 0 Å². The third kappa shape index (κ3) is 2.72. The molecule has 0 bridgehead atoms. The summed E-state index contributed by atoms with van der Waals surface area (Å²) in [6, 6.07) is 10.1. The van der Waals surface area contributed by atoms with E-state index in [1.54, 1.807) is 11.3 Å². The lowest BCUT2D eigenvalue weighted by Crippen LogP contribution is -2.48. The van der Waals surface area contributed by atoms with Gasteiger partial charge in [0.1, 0.15) is 0 Å². The third-order valence-corrected chi connectivity index (χ3v) is 4.04. The fraction of sp³-hybridized carbons (Fsp3) is 0.357. The Hall–Kier alpha value is -1.59. The maximum Gasteiger partial charge on any atom is 0.209 e. The highest BCUT2D eigenvalue weighted by molar-refractivity contribution is 7.07. The van der Waals surface area contributed by atoms with Gasteiger partial charge in [-0.2, -0.15) is 0 Å². The maximum absolute atomic E-state index is 5.41. The number of hydrogen-bond donors (Lipinski definition) is 0. The first-order valence-electron chi connectivity index (χ1n) is 6.44. The van der Waals surface area contributed by atoms with Crippen molar-refractivity contribution in [2.75, 3.05) is 31.3 Å². The molecule has 5 heteroatoms. The topological polar surface area (TPSA) is 29.8 Å². The Bertz CT molecular complexity index is 597. The van der Waals surface area contributed by atoms with Gasteiger partial charge in [-0.05, 0) is 19.1 Å². The maximum atomic E-state index is 5.41. The van der Waals surface area contributed by atoms with Crippen molar-refractivity contribution in [2.24, 2.45) is 4.99 Å². The van der Waals surface area contributed by atoms with Crippen LogP contribution in [0.1, 0.15) is 5.69 Å². The third-order valence-electron chi connectivity index (χ3n) is 3.10. The van der Waals surface area contributed by atoms with E-state index in [0.717, 1.165) is 36.8 Å². The minimum absolute atomic E-state index is 0.785. The van der Waals surface area contributed by atoms with Gasteiger partial charge in [0.15, 0.2) is 0 Å². The molecule has 0 amide bonds. The average Bonchev–Trinajstić information content (AvgIpc) is 2.82. The van der Waals surface area contributed by atoms with E-state index >= 15 is 0 Å².